The van der Waals surface area contributed by atoms with E-state index >= 15 is 0 Å². The Hall–Kier alpha value is -2.36. The maximum atomic E-state index is 11.7. The van der Waals surface area contributed by atoms with Crippen molar-refractivity contribution in [3.8, 4) is 0 Å². The topological polar surface area (TPSA) is 45.2 Å². The number of pyridine rings is 1. The maximum absolute atomic E-state index is 11.7. The minimum atomic E-state index is 0.0849. The molecule has 1 aliphatic carbocycles. The van der Waals surface area contributed by atoms with Crippen LogP contribution in [0.4, 0.5) is 17.2 Å². The summed E-state index contributed by atoms with van der Waals surface area (Å²) in [4.78, 5) is 18.0. The normalized spacial score (nSPS) is 13.8. The molecule has 0 bridgehead atoms. The molecule has 1 aromatic carbocycles. The van der Waals surface area contributed by atoms with Gasteiger partial charge in [-0.2, -0.15) is 0 Å². The van der Waals surface area contributed by atoms with Gasteiger partial charge in [0, 0.05) is 18.7 Å². The van der Waals surface area contributed by atoms with Crippen LogP contribution < -0.4 is 10.2 Å². The number of para-hydroxylation sites is 1. The first-order chi connectivity index (χ1) is 9.74. The SMILES string of the molecule is CN(c1ccccc1)c1ccc(NC(=O)C2CC2)nc1. The summed E-state index contributed by atoms with van der Waals surface area (Å²) in [6.45, 7) is 0. The molecule has 4 heteroatoms. The fourth-order valence-electron chi connectivity index (χ4n) is 2.03. The molecule has 102 valence electrons. The number of nitrogens with one attached hydrogen (secondary N) is 1. The van der Waals surface area contributed by atoms with Gasteiger partial charge in [-0.25, -0.2) is 4.98 Å². The Labute approximate surface area is 118 Å². The minimum Gasteiger partial charge on any atom is -0.343 e. The smallest absolute Gasteiger partial charge is 0.228 e. The second-order valence-corrected chi connectivity index (χ2v) is 5.06. The highest BCUT2D eigenvalue weighted by Crippen LogP contribution is 2.30. The first kappa shape index (κ1) is 12.7. The first-order valence-electron chi connectivity index (χ1n) is 6.80. The zero-order chi connectivity index (χ0) is 13.9. The summed E-state index contributed by atoms with van der Waals surface area (Å²) in [7, 11) is 1.99. The highest BCUT2D eigenvalue weighted by molar-refractivity contribution is 5.93. The van der Waals surface area contributed by atoms with Gasteiger partial charge in [-0.1, -0.05) is 18.2 Å². The molecule has 0 unspecified atom stereocenters. The summed E-state index contributed by atoms with van der Waals surface area (Å²) < 4.78 is 0. The monoisotopic (exact) mass is 267 g/mol. The molecule has 1 amide bonds. The molecule has 3 rings (SSSR count). The molecule has 0 radical (unpaired) electrons. The molecule has 0 aliphatic heterocycles. The Morgan fingerprint density at radius 3 is 2.50 bits per heavy atom. The van der Waals surface area contributed by atoms with E-state index in [9.17, 15) is 4.79 Å². The lowest BCUT2D eigenvalue weighted by Gasteiger charge is -2.19. The van der Waals surface area contributed by atoms with Crippen LogP contribution in [0.5, 0.6) is 0 Å². The molecule has 1 N–H and O–H groups in total. The summed E-state index contributed by atoms with van der Waals surface area (Å²) in [5.74, 6) is 0.900. The van der Waals surface area contributed by atoms with E-state index in [1.807, 2.05) is 49.5 Å². The largest absolute Gasteiger partial charge is 0.343 e. The van der Waals surface area contributed by atoms with Crippen molar-refractivity contribution in [3.05, 3.63) is 48.7 Å². The van der Waals surface area contributed by atoms with Crippen LogP contribution in [-0.2, 0) is 4.79 Å². The Balaban J connectivity index is 1.70. The summed E-state index contributed by atoms with van der Waals surface area (Å²) in [6, 6.07) is 13.9. The van der Waals surface area contributed by atoms with Crippen molar-refractivity contribution in [2.75, 3.05) is 17.3 Å². The van der Waals surface area contributed by atoms with E-state index in [-0.39, 0.29) is 11.8 Å². The number of benzene rings is 1. The highest BCUT2D eigenvalue weighted by atomic mass is 16.2. The molecule has 1 heterocycles. The molecule has 1 saturated carbocycles. The minimum absolute atomic E-state index is 0.0849. The fourth-order valence-corrected chi connectivity index (χ4v) is 2.03. The predicted molar refractivity (Wildman–Crippen MR) is 80.1 cm³/mol. The van der Waals surface area contributed by atoms with E-state index in [1.165, 1.54) is 0 Å². The molecule has 0 spiro atoms. The average molecular weight is 267 g/mol. The van der Waals surface area contributed by atoms with E-state index in [0.717, 1.165) is 24.2 Å². The quantitative estimate of drug-likeness (QED) is 0.925. The second-order valence-electron chi connectivity index (χ2n) is 5.06. The third kappa shape index (κ3) is 2.79. The van der Waals surface area contributed by atoms with Gasteiger partial charge in [0.05, 0.1) is 11.9 Å². The third-order valence-electron chi connectivity index (χ3n) is 3.48. The number of anilines is 3. The van der Waals surface area contributed by atoms with Crippen molar-refractivity contribution in [1.82, 2.24) is 4.98 Å². The van der Waals surface area contributed by atoms with Crippen molar-refractivity contribution < 1.29 is 4.79 Å². The van der Waals surface area contributed by atoms with Gasteiger partial charge in [-0.15, -0.1) is 0 Å². The van der Waals surface area contributed by atoms with Crippen molar-refractivity contribution in [2.45, 2.75) is 12.8 Å². The van der Waals surface area contributed by atoms with E-state index < -0.39 is 0 Å². The van der Waals surface area contributed by atoms with Crippen molar-refractivity contribution in [2.24, 2.45) is 5.92 Å². The third-order valence-corrected chi connectivity index (χ3v) is 3.48. The number of rotatable bonds is 4. The Morgan fingerprint density at radius 2 is 1.90 bits per heavy atom. The van der Waals surface area contributed by atoms with Crippen molar-refractivity contribution >= 4 is 23.1 Å². The molecule has 4 nitrogen and oxygen atoms in total. The van der Waals surface area contributed by atoms with E-state index in [4.69, 9.17) is 0 Å². The van der Waals surface area contributed by atoms with Crippen LogP contribution in [0.15, 0.2) is 48.7 Å². The van der Waals surface area contributed by atoms with Crippen molar-refractivity contribution in [3.63, 3.8) is 0 Å². The molecule has 1 fully saturated rings. The van der Waals surface area contributed by atoms with Crippen LogP contribution in [0, 0.1) is 5.92 Å². The Kier molecular flexibility index (Phi) is 3.37. The van der Waals surface area contributed by atoms with Gasteiger partial charge in [0.2, 0.25) is 5.91 Å². The average Bonchev–Trinajstić information content (AvgIpc) is 3.33. The fraction of sp³-hybridized carbons (Fsp3) is 0.250. The van der Waals surface area contributed by atoms with Gasteiger partial charge in [-0.05, 0) is 37.1 Å². The molecule has 0 atom stereocenters. The number of hydrogen-bond donors (Lipinski definition) is 1. The Morgan fingerprint density at radius 1 is 1.15 bits per heavy atom. The molecule has 20 heavy (non-hydrogen) atoms. The van der Waals surface area contributed by atoms with Gasteiger partial charge in [0.15, 0.2) is 0 Å². The molecular weight excluding hydrogens is 250 g/mol. The van der Waals surface area contributed by atoms with Crippen LogP contribution in [-0.4, -0.2) is 17.9 Å². The number of amides is 1. The lowest BCUT2D eigenvalue weighted by molar-refractivity contribution is -0.117. The molecule has 1 aromatic heterocycles. The number of carbonyl (C=O) groups excluding carboxylic acids is 1. The summed E-state index contributed by atoms with van der Waals surface area (Å²) in [5, 5.41) is 2.84. The van der Waals surface area contributed by atoms with Crippen LogP contribution in [0.3, 0.4) is 0 Å². The summed E-state index contributed by atoms with van der Waals surface area (Å²) in [5.41, 5.74) is 2.09. The van der Waals surface area contributed by atoms with Crippen LogP contribution in [0.25, 0.3) is 0 Å². The number of aromatic nitrogens is 1. The standard InChI is InChI=1S/C16H17N3O/c1-19(13-5-3-2-4-6-13)14-9-10-15(17-11-14)18-16(20)12-7-8-12/h2-6,9-12H,7-8H2,1H3,(H,17,18,20). The van der Waals surface area contributed by atoms with E-state index in [2.05, 4.69) is 15.2 Å². The zero-order valence-electron chi connectivity index (χ0n) is 11.4. The van der Waals surface area contributed by atoms with Crippen LogP contribution >= 0.6 is 0 Å². The van der Waals surface area contributed by atoms with Gasteiger partial charge >= 0.3 is 0 Å². The molecule has 2 aromatic rings. The lowest BCUT2D eigenvalue weighted by Crippen LogP contribution is -2.15. The molecule has 1 aliphatic rings. The number of hydrogen-bond acceptors (Lipinski definition) is 3. The van der Waals surface area contributed by atoms with E-state index in [1.54, 1.807) is 6.20 Å². The summed E-state index contributed by atoms with van der Waals surface area (Å²) >= 11 is 0. The first-order valence-corrected chi connectivity index (χ1v) is 6.80. The van der Waals surface area contributed by atoms with Crippen LogP contribution in [0.2, 0.25) is 0 Å². The lowest BCUT2D eigenvalue weighted by atomic mass is 10.2. The molecular formula is C16H17N3O. The zero-order valence-corrected chi connectivity index (χ0v) is 11.4. The predicted octanol–water partition coefficient (Wildman–Crippen LogP) is 3.20. The van der Waals surface area contributed by atoms with Crippen molar-refractivity contribution in [1.29, 1.82) is 0 Å². The number of carbonyl (C=O) groups is 1. The van der Waals surface area contributed by atoms with Gasteiger partial charge in [-0.3, -0.25) is 4.79 Å². The molecule has 0 saturated heterocycles. The van der Waals surface area contributed by atoms with Gasteiger partial charge in [0.25, 0.3) is 0 Å². The second kappa shape index (κ2) is 5.33. The highest BCUT2D eigenvalue weighted by Gasteiger charge is 2.29. The summed E-state index contributed by atoms with van der Waals surface area (Å²) in [6.07, 6.45) is 3.77. The Bertz CT molecular complexity index is 591. The maximum Gasteiger partial charge on any atom is 0.228 e. The van der Waals surface area contributed by atoms with E-state index in [0.29, 0.717) is 5.82 Å². The number of nitrogens with zero attached hydrogens (tertiary/aromatic N) is 2. The van der Waals surface area contributed by atoms with Gasteiger partial charge < -0.3 is 10.2 Å². The van der Waals surface area contributed by atoms with Gasteiger partial charge in [0.1, 0.15) is 5.82 Å². The van der Waals surface area contributed by atoms with Crippen LogP contribution in [0.1, 0.15) is 12.8 Å².